The second-order valence-corrected chi connectivity index (χ2v) is 2.10. The van der Waals surface area contributed by atoms with Crippen molar-refractivity contribution in [2.24, 2.45) is 5.73 Å². The molecule has 0 aliphatic heterocycles. The summed E-state index contributed by atoms with van der Waals surface area (Å²) in [6, 6.07) is 3.45. The van der Waals surface area contributed by atoms with Crippen molar-refractivity contribution in [3.8, 4) is 0 Å². The highest BCUT2D eigenvalue weighted by Gasteiger charge is 2.04. The summed E-state index contributed by atoms with van der Waals surface area (Å²) >= 11 is 0. The molecule has 0 bridgehead atoms. The topological polar surface area (TPSA) is 69.1 Å². The molecule has 12 heavy (non-hydrogen) atoms. The van der Waals surface area contributed by atoms with E-state index in [0.29, 0.717) is 0 Å². The normalized spacial score (nSPS) is 8.75. The molecule has 0 fully saturated rings. The standard InChI is InChI=1S/C7H7FN2O.ClH/c8-4-1-2-5(7(10)11)6(9)3-4;/h1-3H,9H2,(H2,10,11);1H. The molecule has 0 radical (unpaired) electrons. The lowest BCUT2D eigenvalue weighted by Crippen LogP contribution is -2.13. The summed E-state index contributed by atoms with van der Waals surface area (Å²) in [5.74, 6) is -1.13. The Morgan fingerprint density at radius 1 is 1.42 bits per heavy atom. The third-order valence-corrected chi connectivity index (χ3v) is 1.28. The van der Waals surface area contributed by atoms with Crippen LogP contribution in [0.4, 0.5) is 10.1 Å². The molecule has 0 atom stereocenters. The first-order valence-corrected chi connectivity index (χ1v) is 2.96. The molecule has 0 aromatic heterocycles. The number of primary amides is 1. The zero-order valence-corrected chi connectivity index (χ0v) is 6.90. The van der Waals surface area contributed by atoms with Gasteiger partial charge in [-0.2, -0.15) is 0 Å². The van der Waals surface area contributed by atoms with Crippen LogP contribution < -0.4 is 11.5 Å². The quantitative estimate of drug-likeness (QED) is 0.647. The van der Waals surface area contributed by atoms with Gasteiger partial charge in [0.1, 0.15) is 5.82 Å². The highest BCUT2D eigenvalue weighted by Crippen LogP contribution is 2.11. The van der Waals surface area contributed by atoms with E-state index in [1.807, 2.05) is 0 Å². The molecule has 1 aromatic carbocycles. The van der Waals surface area contributed by atoms with Crippen molar-refractivity contribution >= 4 is 24.0 Å². The van der Waals surface area contributed by atoms with Gasteiger partial charge in [0.2, 0.25) is 0 Å². The van der Waals surface area contributed by atoms with Crippen molar-refractivity contribution in [1.82, 2.24) is 0 Å². The molecule has 0 heterocycles. The number of halogens is 2. The Balaban J connectivity index is 0.00000121. The van der Waals surface area contributed by atoms with Crippen molar-refractivity contribution in [3.05, 3.63) is 29.6 Å². The minimum atomic E-state index is -0.650. The van der Waals surface area contributed by atoms with E-state index in [2.05, 4.69) is 0 Å². The number of hydrogen-bond donors (Lipinski definition) is 2. The van der Waals surface area contributed by atoms with E-state index in [0.717, 1.165) is 12.1 Å². The Hall–Kier alpha value is -1.29. The molecule has 0 spiro atoms. The van der Waals surface area contributed by atoms with Crippen LogP contribution in [-0.2, 0) is 0 Å². The van der Waals surface area contributed by atoms with Crippen LogP contribution in [0.2, 0.25) is 0 Å². The first-order valence-electron chi connectivity index (χ1n) is 2.96. The first kappa shape index (κ1) is 10.7. The van der Waals surface area contributed by atoms with Crippen LogP contribution in [-0.4, -0.2) is 5.91 Å². The molecule has 3 nitrogen and oxygen atoms in total. The van der Waals surface area contributed by atoms with Gasteiger partial charge >= 0.3 is 0 Å². The van der Waals surface area contributed by atoms with Crippen LogP contribution in [0.1, 0.15) is 10.4 Å². The van der Waals surface area contributed by atoms with Crippen molar-refractivity contribution in [1.29, 1.82) is 0 Å². The van der Waals surface area contributed by atoms with Crippen LogP contribution in [0.3, 0.4) is 0 Å². The Morgan fingerprint density at radius 3 is 2.42 bits per heavy atom. The SMILES string of the molecule is Cl.NC(=O)c1ccc(F)cc1N. The molecule has 4 N–H and O–H groups in total. The number of carbonyl (C=O) groups excluding carboxylic acids is 1. The van der Waals surface area contributed by atoms with Crippen molar-refractivity contribution < 1.29 is 9.18 Å². The lowest BCUT2D eigenvalue weighted by Gasteiger charge is -1.99. The van der Waals surface area contributed by atoms with Gasteiger partial charge in [0.25, 0.3) is 5.91 Å². The van der Waals surface area contributed by atoms with Gasteiger partial charge in [0.05, 0.1) is 5.56 Å². The molecular weight excluding hydrogens is 183 g/mol. The average Bonchev–Trinajstić information content (AvgIpc) is 1.85. The number of nitrogen functional groups attached to an aromatic ring is 1. The Morgan fingerprint density at radius 2 is 2.00 bits per heavy atom. The minimum Gasteiger partial charge on any atom is -0.398 e. The number of rotatable bonds is 1. The number of anilines is 1. The van der Waals surface area contributed by atoms with Crippen molar-refractivity contribution in [3.63, 3.8) is 0 Å². The summed E-state index contributed by atoms with van der Waals surface area (Å²) in [6.07, 6.45) is 0. The minimum absolute atomic E-state index is 0. The number of amides is 1. The monoisotopic (exact) mass is 190 g/mol. The van der Waals surface area contributed by atoms with Gasteiger partial charge in [-0.3, -0.25) is 4.79 Å². The summed E-state index contributed by atoms with van der Waals surface area (Å²) in [5, 5.41) is 0. The Bertz CT molecular complexity index is 303. The van der Waals surface area contributed by atoms with Crippen LogP contribution in [0.5, 0.6) is 0 Å². The van der Waals surface area contributed by atoms with Crippen LogP contribution in [0, 0.1) is 5.82 Å². The second-order valence-electron chi connectivity index (χ2n) is 2.10. The summed E-state index contributed by atoms with van der Waals surface area (Å²) in [5.41, 5.74) is 10.4. The molecule has 5 heteroatoms. The van der Waals surface area contributed by atoms with Gasteiger partial charge in [-0.25, -0.2) is 4.39 Å². The van der Waals surface area contributed by atoms with Gasteiger partial charge in [-0.05, 0) is 18.2 Å². The molecule has 0 aliphatic carbocycles. The maximum Gasteiger partial charge on any atom is 0.250 e. The fourth-order valence-electron chi connectivity index (χ4n) is 0.758. The maximum absolute atomic E-state index is 12.4. The smallest absolute Gasteiger partial charge is 0.250 e. The predicted molar refractivity (Wildman–Crippen MR) is 46.6 cm³/mol. The molecule has 0 saturated heterocycles. The lowest BCUT2D eigenvalue weighted by atomic mass is 10.2. The van der Waals surface area contributed by atoms with Gasteiger partial charge < -0.3 is 11.5 Å². The van der Waals surface area contributed by atoms with Crippen LogP contribution >= 0.6 is 12.4 Å². The molecule has 1 amide bonds. The summed E-state index contributed by atoms with van der Waals surface area (Å²) in [6.45, 7) is 0. The third kappa shape index (κ3) is 2.10. The molecule has 1 rings (SSSR count). The summed E-state index contributed by atoms with van der Waals surface area (Å²) < 4.78 is 12.4. The highest BCUT2D eigenvalue weighted by molar-refractivity contribution is 5.97. The van der Waals surface area contributed by atoms with Crippen LogP contribution in [0.25, 0.3) is 0 Å². The second kappa shape index (κ2) is 3.92. The van der Waals surface area contributed by atoms with Crippen molar-refractivity contribution in [2.75, 3.05) is 5.73 Å². The van der Waals surface area contributed by atoms with E-state index in [-0.39, 0.29) is 23.7 Å². The van der Waals surface area contributed by atoms with Gasteiger partial charge in [0.15, 0.2) is 0 Å². The fourth-order valence-corrected chi connectivity index (χ4v) is 0.758. The number of benzene rings is 1. The molecular formula is C7H8ClFN2O. The Kier molecular flexibility index (Phi) is 3.50. The van der Waals surface area contributed by atoms with E-state index in [9.17, 15) is 9.18 Å². The number of hydrogen-bond acceptors (Lipinski definition) is 2. The zero-order valence-electron chi connectivity index (χ0n) is 6.08. The van der Waals surface area contributed by atoms with Crippen LogP contribution in [0.15, 0.2) is 18.2 Å². The average molecular weight is 191 g/mol. The molecule has 0 unspecified atom stereocenters. The van der Waals surface area contributed by atoms with E-state index in [4.69, 9.17) is 11.5 Å². The third-order valence-electron chi connectivity index (χ3n) is 1.28. The maximum atomic E-state index is 12.4. The molecule has 0 aliphatic rings. The fraction of sp³-hybridized carbons (Fsp3) is 0. The number of carbonyl (C=O) groups is 1. The zero-order chi connectivity index (χ0) is 8.43. The predicted octanol–water partition coefficient (Wildman–Crippen LogP) is 0.929. The van der Waals surface area contributed by atoms with Gasteiger partial charge in [-0.15, -0.1) is 12.4 Å². The van der Waals surface area contributed by atoms with Crippen molar-refractivity contribution in [2.45, 2.75) is 0 Å². The largest absolute Gasteiger partial charge is 0.398 e. The number of nitrogens with two attached hydrogens (primary N) is 2. The van der Waals surface area contributed by atoms with E-state index in [1.54, 1.807) is 0 Å². The van der Waals surface area contributed by atoms with E-state index >= 15 is 0 Å². The molecule has 66 valence electrons. The van der Waals surface area contributed by atoms with E-state index < -0.39 is 11.7 Å². The molecule has 1 aromatic rings. The lowest BCUT2D eigenvalue weighted by molar-refractivity contribution is 0.100. The van der Waals surface area contributed by atoms with Gasteiger partial charge in [0, 0.05) is 5.69 Å². The van der Waals surface area contributed by atoms with Gasteiger partial charge in [-0.1, -0.05) is 0 Å². The van der Waals surface area contributed by atoms with E-state index in [1.165, 1.54) is 6.07 Å². The molecule has 0 saturated carbocycles. The Labute approximate surface area is 75.0 Å². The first-order chi connectivity index (χ1) is 5.11. The summed E-state index contributed by atoms with van der Waals surface area (Å²) in [7, 11) is 0. The highest BCUT2D eigenvalue weighted by atomic mass is 35.5. The summed E-state index contributed by atoms with van der Waals surface area (Å²) in [4.78, 5) is 10.6.